The maximum absolute atomic E-state index is 4.41. The number of aliphatic imine (C=N–C) groups is 1. The second kappa shape index (κ2) is 3.56. The van der Waals surface area contributed by atoms with Crippen molar-refractivity contribution in [1.29, 1.82) is 0 Å². The van der Waals surface area contributed by atoms with Crippen LogP contribution in [0.15, 0.2) is 53.2 Å². The normalized spacial score (nSPS) is 25.8. The monoisotopic (exact) mass is 171 g/mol. The first kappa shape index (κ1) is 8.24. The third-order valence-electron chi connectivity index (χ3n) is 2.29. The van der Waals surface area contributed by atoms with Crippen molar-refractivity contribution < 1.29 is 0 Å². The third-order valence-corrected chi connectivity index (χ3v) is 2.29. The highest BCUT2D eigenvalue weighted by molar-refractivity contribution is 5.99. The van der Waals surface area contributed by atoms with E-state index in [9.17, 15) is 0 Å². The maximum Gasteiger partial charge on any atom is 0.0478 e. The van der Waals surface area contributed by atoms with Crippen LogP contribution in [0.5, 0.6) is 0 Å². The zero-order valence-electron chi connectivity index (χ0n) is 7.77. The van der Waals surface area contributed by atoms with Gasteiger partial charge in [-0.1, -0.05) is 24.3 Å². The van der Waals surface area contributed by atoms with E-state index >= 15 is 0 Å². The molecule has 1 heterocycles. The number of fused-ring (bicyclic) bond motifs is 1. The SMILES string of the molecule is CC1=CC2=NC=CC=CC2CC=C1. The van der Waals surface area contributed by atoms with Crippen LogP contribution in [0.2, 0.25) is 0 Å². The van der Waals surface area contributed by atoms with Gasteiger partial charge in [-0.2, -0.15) is 0 Å². The Labute approximate surface area is 78.9 Å². The Hall–Kier alpha value is -1.37. The molecular weight excluding hydrogens is 158 g/mol. The molecule has 0 amide bonds. The molecule has 1 nitrogen and oxygen atoms in total. The molecule has 1 unspecified atom stereocenters. The summed E-state index contributed by atoms with van der Waals surface area (Å²) in [5, 5.41) is 0. The van der Waals surface area contributed by atoms with E-state index in [1.54, 1.807) is 0 Å². The van der Waals surface area contributed by atoms with Crippen LogP contribution in [0.3, 0.4) is 0 Å². The summed E-state index contributed by atoms with van der Waals surface area (Å²) in [5.74, 6) is 0.462. The standard InChI is InChI=1S/C12H13N/c1-10-5-4-7-11-6-2-3-8-13-12(11)9-10/h2-6,8-9,11H,7H2,1H3. The van der Waals surface area contributed by atoms with Gasteiger partial charge in [0.1, 0.15) is 0 Å². The Kier molecular flexibility index (Phi) is 2.26. The minimum Gasteiger partial charge on any atom is -0.261 e. The minimum absolute atomic E-state index is 0.462. The average molecular weight is 171 g/mol. The topological polar surface area (TPSA) is 12.4 Å². The van der Waals surface area contributed by atoms with E-state index in [1.807, 2.05) is 12.3 Å². The summed E-state index contributed by atoms with van der Waals surface area (Å²) in [6.07, 6.45) is 15.7. The molecule has 0 spiro atoms. The van der Waals surface area contributed by atoms with Gasteiger partial charge in [-0.05, 0) is 31.1 Å². The van der Waals surface area contributed by atoms with Crippen LogP contribution in [-0.2, 0) is 0 Å². The Morgan fingerprint density at radius 3 is 3.23 bits per heavy atom. The summed E-state index contributed by atoms with van der Waals surface area (Å²) in [6, 6.07) is 0. The molecule has 0 saturated carbocycles. The van der Waals surface area contributed by atoms with Crippen molar-refractivity contribution in [3.05, 3.63) is 48.2 Å². The van der Waals surface area contributed by atoms with E-state index in [0.29, 0.717) is 5.92 Å². The van der Waals surface area contributed by atoms with Crippen LogP contribution < -0.4 is 0 Å². The van der Waals surface area contributed by atoms with Crippen LogP contribution in [-0.4, -0.2) is 5.71 Å². The van der Waals surface area contributed by atoms with Crippen molar-refractivity contribution >= 4 is 5.71 Å². The molecule has 0 aromatic rings. The average Bonchev–Trinajstić information content (AvgIpc) is 2.38. The predicted octanol–water partition coefficient (Wildman–Crippen LogP) is 3.03. The van der Waals surface area contributed by atoms with Crippen LogP contribution in [0.1, 0.15) is 13.3 Å². The zero-order valence-corrected chi connectivity index (χ0v) is 7.77. The molecule has 0 radical (unpaired) electrons. The largest absolute Gasteiger partial charge is 0.261 e. The van der Waals surface area contributed by atoms with Gasteiger partial charge in [0.2, 0.25) is 0 Å². The van der Waals surface area contributed by atoms with Crippen molar-refractivity contribution in [3.8, 4) is 0 Å². The van der Waals surface area contributed by atoms with E-state index in [1.165, 1.54) is 11.3 Å². The number of hydrogen-bond acceptors (Lipinski definition) is 1. The molecule has 1 aliphatic heterocycles. The molecule has 0 aromatic heterocycles. The molecule has 1 heteroatoms. The van der Waals surface area contributed by atoms with Crippen molar-refractivity contribution in [2.24, 2.45) is 10.9 Å². The quantitative estimate of drug-likeness (QED) is 0.531. The molecule has 1 aliphatic carbocycles. The van der Waals surface area contributed by atoms with Crippen LogP contribution >= 0.6 is 0 Å². The first-order valence-corrected chi connectivity index (χ1v) is 4.62. The Bertz CT molecular complexity index is 340. The number of allylic oxidation sites excluding steroid dienone is 7. The van der Waals surface area contributed by atoms with E-state index in [0.717, 1.165) is 6.42 Å². The van der Waals surface area contributed by atoms with Crippen LogP contribution in [0.4, 0.5) is 0 Å². The number of rotatable bonds is 0. The highest BCUT2D eigenvalue weighted by atomic mass is 14.7. The van der Waals surface area contributed by atoms with Gasteiger partial charge in [-0.3, -0.25) is 4.99 Å². The highest BCUT2D eigenvalue weighted by Gasteiger charge is 2.11. The zero-order chi connectivity index (χ0) is 9.10. The molecule has 0 saturated heterocycles. The first-order valence-electron chi connectivity index (χ1n) is 4.62. The molecular formula is C12H13N. The summed E-state index contributed by atoms with van der Waals surface area (Å²) in [7, 11) is 0. The highest BCUT2D eigenvalue weighted by Crippen LogP contribution is 2.18. The maximum atomic E-state index is 4.41. The summed E-state index contributed by atoms with van der Waals surface area (Å²) < 4.78 is 0. The summed E-state index contributed by atoms with van der Waals surface area (Å²) in [5.41, 5.74) is 2.46. The van der Waals surface area contributed by atoms with Gasteiger partial charge in [0.15, 0.2) is 0 Å². The lowest BCUT2D eigenvalue weighted by Gasteiger charge is -2.07. The minimum atomic E-state index is 0.462. The first-order chi connectivity index (χ1) is 6.36. The third kappa shape index (κ3) is 1.86. The van der Waals surface area contributed by atoms with E-state index in [2.05, 4.69) is 42.3 Å². The molecule has 0 bridgehead atoms. The van der Waals surface area contributed by atoms with Gasteiger partial charge in [0.05, 0.1) is 0 Å². The van der Waals surface area contributed by atoms with Gasteiger partial charge in [-0.25, -0.2) is 0 Å². The van der Waals surface area contributed by atoms with Gasteiger partial charge in [0.25, 0.3) is 0 Å². The van der Waals surface area contributed by atoms with E-state index < -0.39 is 0 Å². The molecule has 66 valence electrons. The molecule has 0 N–H and O–H groups in total. The molecule has 2 aliphatic rings. The summed E-state index contributed by atoms with van der Waals surface area (Å²) in [6.45, 7) is 2.11. The smallest absolute Gasteiger partial charge is 0.0478 e. The number of nitrogens with zero attached hydrogens (tertiary/aromatic N) is 1. The fourth-order valence-corrected chi connectivity index (χ4v) is 1.60. The Morgan fingerprint density at radius 1 is 1.38 bits per heavy atom. The lowest BCUT2D eigenvalue weighted by molar-refractivity contribution is 0.889. The fraction of sp³-hybridized carbons (Fsp3) is 0.250. The second-order valence-electron chi connectivity index (χ2n) is 3.41. The molecule has 0 aromatic carbocycles. The van der Waals surface area contributed by atoms with Gasteiger partial charge < -0.3 is 0 Å². The summed E-state index contributed by atoms with van der Waals surface area (Å²) >= 11 is 0. The van der Waals surface area contributed by atoms with Crippen molar-refractivity contribution in [2.45, 2.75) is 13.3 Å². The van der Waals surface area contributed by atoms with E-state index in [-0.39, 0.29) is 0 Å². The number of hydrogen-bond donors (Lipinski definition) is 0. The van der Waals surface area contributed by atoms with Crippen molar-refractivity contribution in [3.63, 3.8) is 0 Å². The lowest BCUT2D eigenvalue weighted by Crippen LogP contribution is -2.07. The molecule has 1 atom stereocenters. The van der Waals surface area contributed by atoms with Gasteiger partial charge in [-0.15, -0.1) is 0 Å². The lowest BCUT2D eigenvalue weighted by atomic mass is 9.99. The predicted molar refractivity (Wildman–Crippen MR) is 56.7 cm³/mol. The summed E-state index contributed by atoms with van der Waals surface area (Å²) in [4.78, 5) is 4.41. The van der Waals surface area contributed by atoms with Crippen molar-refractivity contribution in [1.82, 2.24) is 0 Å². The molecule has 0 fully saturated rings. The fourth-order valence-electron chi connectivity index (χ4n) is 1.60. The van der Waals surface area contributed by atoms with Gasteiger partial charge >= 0.3 is 0 Å². The molecule has 2 rings (SSSR count). The molecule has 13 heavy (non-hydrogen) atoms. The van der Waals surface area contributed by atoms with Crippen LogP contribution in [0, 0.1) is 5.92 Å². The van der Waals surface area contributed by atoms with Crippen molar-refractivity contribution in [2.75, 3.05) is 0 Å². The second-order valence-corrected chi connectivity index (χ2v) is 3.41. The Balaban J connectivity index is 2.38. The van der Waals surface area contributed by atoms with E-state index in [4.69, 9.17) is 0 Å². The Morgan fingerprint density at radius 2 is 2.31 bits per heavy atom. The van der Waals surface area contributed by atoms with Crippen LogP contribution in [0.25, 0.3) is 0 Å². The van der Waals surface area contributed by atoms with Gasteiger partial charge in [0, 0.05) is 17.8 Å².